The Labute approximate surface area is 176 Å². The molecule has 0 bridgehead atoms. The maximum absolute atomic E-state index is 13.4. The van der Waals surface area contributed by atoms with Gasteiger partial charge in [-0.3, -0.25) is 19.5 Å². The Morgan fingerprint density at radius 1 is 0.903 bits per heavy atom. The molecule has 0 aliphatic rings. The number of H-pyrrole nitrogens is 1. The number of nitrogens with zero attached hydrogens (tertiary/aromatic N) is 3. The van der Waals surface area contributed by atoms with Crippen LogP contribution in [-0.2, 0) is 0 Å². The topological polar surface area (TPSA) is 93.8 Å². The molecule has 5 rings (SSSR count). The van der Waals surface area contributed by atoms with Gasteiger partial charge in [-0.15, -0.1) is 0 Å². The van der Waals surface area contributed by atoms with Crippen LogP contribution in [0.15, 0.2) is 83.8 Å². The molecule has 2 aromatic heterocycles. The van der Waals surface area contributed by atoms with Crippen LogP contribution in [0.1, 0.15) is 11.4 Å². The fraction of sp³-hybridized carbons (Fsp3) is 0. The van der Waals surface area contributed by atoms with Crippen molar-refractivity contribution in [3.8, 4) is 5.69 Å². The number of nitrogens with one attached hydrogen (secondary N) is 1. The highest BCUT2D eigenvalue weighted by molar-refractivity contribution is 5.91. The summed E-state index contributed by atoms with van der Waals surface area (Å²) in [5.41, 5.74) is 2.09. The minimum absolute atomic E-state index is 0.163. The van der Waals surface area contributed by atoms with Crippen LogP contribution >= 0.6 is 0 Å². The minimum atomic E-state index is -0.496. The smallest absolute Gasteiger partial charge is 0.293 e. The summed E-state index contributed by atoms with van der Waals surface area (Å²) in [4.78, 5) is 32.3. The van der Waals surface area contributed by atoms with Gasteiger partial charge in [0.2, 0.25) is 0 Å². The third kappa shape index (κ3) is 3.18. The number of para-hydroxylation sites is 4. The Balaban J connectivity index is 1.77. The lowest BCUT2D eigenvalue weighted by molar-refractivity contribution is -0.384. The van der Waals surface area contributed by atoms with Crippen molar-refractivity contribution in [1.82, 2.24) is 14.5 Å². The second-order valence-corrected chi connectivity index (χ2v) is 7.00. The average molecular weight is 408 g/mol. The minimum Gasteiger partial charge on any atom is -0.361 e. The number of aromatic nitrogens is 3. The van der Waals surface area contributed by atoms with Crippen molar-refractivity contribution in [3.63, 3.8) is 0 Å². The van der Waals surface area contributed by atoms with E-state index >= 15 is 0 Å². The van der Waals surface area contributed by atoms with Crippen LogP contribution < -0.4 is 5.56 Å². The van der Waals surface area contributed by atoms with Gasteiger partial charge in [-0.05, 0) is 42.0 Å². The van der Waals surface area contributed by atoms with Crippen molar-refractivity contribution in [1.29, 1.82) is 0 Å². The lowest BCUT2D eigenvalue weighted by Crippen LogP contribution is -2.23. The van der Waals surface area contributed by atoms with Crippen molar-refractivity contribution in [2.45, 2.75) is 0 Å². The fourth-order valence-electron chi connectivity index (χ4n) is 3.70. The quantitative estimate of drug-likeness (QED) is 0.336. The summed E-state index contributed by atoms with van der Waals surface area (Å²) in [6.07, 6.45) is 5.43. The number of nitro benzene ring substituents is 1. The maximum atomic E-state index is 13.4. The molecular formula is C24H16N4O3. The largest absolute Gasteiger partial charge is 0.361 e. The number of rotatable bonds is 4. The van der Waals surface area contributed by atoms with E-state index in [0.29, 0.717) is 16.7 Å². The number of fused-ring (bicyclic) bond motifs is 2. The first-order chi connectivity index (χ1) is 15.1. The lowest BCUT2D eigenvalue weighted by atomic mass is 10.1. The van der Waals surface area contributed by atoms with Gasteiger partial charge < -0.3 is 4.98 Å². The standard InChI is InChI=1S/C24H16N4O3/c29-24-18-8-2-4-10-20(18)26-23(27(24)21-11-5-6-12-22(21)28(30)31)14-13-16-15-25-19-9-3-1-7-17(16)19/h1-15,25H/b14-13+. The molecule has 31 heavy (non-hydrogen) atoms. The van der Waals surface area contributed by atoms with Gasteiger partial charge in [0.15, 0.2) is 0 Å². The molecule has 2 heterocycles. The first-order valence-corrected chi connectivity index (χ1v) is 9.63. The van der Waals surface area contributed by atoms with Crippen LogP contribution in [0.3, 0.4) is 0 Å². The average Bonchev–Trinajstić information content (AvgIpc) is 3.21. The van der Waals surface area contributed by atoms with Gasteiger partial charge in [0.1, 0.15) is 11.5 Å². The molecule has 0 fully saturated rings. The van der Waals surface area contributed by atoms with Gasteiger partial charge in [-0.1, -0.05) is 42.5 Å². The van der Waals surface area contributed by atoms with Crippen LogP contribution in [0.4, 0.5) is 5.69 Å². The molecule has 7 nitrogen and oxygen atoms in total. The third-order valence-corrected chi connectivity index (χ3v) is 5.15. The van der Waals surface area contributed by atoms with E-state index in [1.807, 2.05) is 36.5 Å². The molecule has 0 atom stereocenters. The van der Waals surface area contributed by atoms with E-state index in [0.717, 1.165) is 16.5 Å². The van der Waals surface area contributed by atoms with E-state index in [-0.39, 0.29) is 16.9 Å². The van der Waals surface area contributed by atoms with Crippen LogP contribution in [0.5, 0.6) is 0 Å². The summed E-state index contributed by atoms with van der Waals surface area (Å²) in [6.45, 7) is 0. The maximum Gasteiger partial charge on any atom is 0.293 e. The van der Waals surface area contributed by atoms with Crippen molar-refractivity contribution in [2.75, 3.05) is 0 Å². The fourth-order valence-corrected chi connectivity index (χ4v) is 3.70. The summed E-state index contributed by atoms with van der Waals surface area (Å²) in [6, 6.07) is 21.0. The van der Waals surface area contributed by atoms with Crippen molar-refractivity contribution in [2.24, 2.45) is 0 Å². The Morgan fingerprint density at radius 2 is 1.61 bits per heavy atom. The molecule has 3 aromatic carbocycles. The van der Waals surface area contributed by atoms with Crippen LogP contribution in [0.2, 0.25) is 0 Å². The van der Waals surface area contributed by atoms with E-state index in [2.05, 4.69) is 9.97 Å². The molecule has 0 saturated heterocycles. The molecule has 0 aliphatic heterocycles. The van der Waals surface area contributed by atoms with Crippen molar-refractivity contribution >= 4 is 39.6 Å². The summed E-state index contributed by atoms with van der Waals surface area (Å²) in [7, 11) is 0. The number of benzene rings is 3. The Bertz CT molecular complexity index is 1550. The summed E-state index contributed by atoms with van der Waals surface area (Å²) < 4.78 is 1.30. The van der Waals surface area contributed by atoms with E-state index in [1.54, 1.807) is 48.5 Å². The van der Waals surface area contributed by atoms with Gasteiger partial charge in [-0.2, -0.15) is 0 Å². The van der Waals surface area contributed by atoms with E-state index in [4.69, 9.17) is 0 Å². The Kier molecular flexibility index (Phi) is 4.41. The lowest BCUT2D eigenvalue weighted by Gasteiger charge is -2.11. The van der Waals surface area contributed by atoms with Gasteiger partial charge in [0.05, 0.1) is 15.8 Å². The zero-order valence-corrected chi connectivity index (χ0v) is 16.2. The van der Waals surface area contributed by atoms with Crippen molar-refractivity contribution < 1.29 is 4.92 Å². The molecular weight excluding hydrogens is 392 g/mol. The van der Waals surface area contributed by atoms with Gasteiger partial charge in [-0.25, -0.2) is 4.98 Å². The predicted octanol–water partition coefficient (Wildman–Crippen LogP) is 4.95. The summed E-state index contributed by atoms with van der Waals surface area (Å²) >= 11 is 0. The monoisotopic (exact) mass is 408 g/mol. The first-order valence-electron chi connectivity index (χ1n) is 9.63. The number of aromatic amines is 1. The molecule has 150 valence electrons. The van der Waals surface area contributed by atoms with Crippen molar-refractivity contribution in [3.05, 3.63) is 111 Å². The third-order valence-electron chi connectivity index (χ3n) is 5.15. The normalized spacial score (nSPS) is 11.5. The van der Waals surface area contributed by atoms with Crippen LogP contribution in [0, 0.1) is 10.1 Å². The number of hydrogen-bond acceptors (Lipinski definition) is 4. The highest BCUT2D eigenvalue weighted by Gasteiger charge is 2.19. The highest BCUT2D eigenvalue weighted by Crippen LogP contribution is 2.25. The van der Waals surface area contributed by atoms with Crippen LogP contribution in [0.25, 0.3) is 39.6 Å². The molecule has 0 spiro atoms. The van der Waals surface area contributed by atoms with E-state index in [1.165, 1.54) is 10.6 Å². The summed E-state index contributed by atoms with van der Waals surface area (Å²) in [5, 5.41) is 13.0. The first kappa shape index (κ1) is 18.5. The van der Waals surface area contributed by atoms with E-state index < -0.39 is 4.92 Å². The zero-order chi connectivity index (χ0) is 21.4. The molecule has 0 saturated carbocycles. The predicted molar refractivity (Wildman–Crippen MR) is 121 cm³/mol. The molecule has 7 heteroatoms. The second-order valence-electron chi connectivity index (χ2n) is 7.00. The van der Waals surface area contributed by atoms with Gasteiger partial charge in [0, 0.05) is 23.2 Å². The second kappa shape index (κ2) is 7.38. The number of nitro groups is 1. The Morgan fingerprint density at radius 3 is 2.45 bits per heavy atom. The molecule has 5 aromatic rings. The van der Waals surface area contributed by atoms with Gasteiger partial charge in [0.25, 0.3) is 11.2 Å². The summed E-state index contributed by atoms with van der Waals surface area (Å²) in [5.74, 6) is 0.309. The highest BCUT2D eigenvalue weighted by atomic mass is 16.6. The molecule has 0 aliphatic carbocycles. The molecule has 1 N–H and O–H groups in total. The molecule has 0 radical (unpaired) electrons. The zero-order valence-electron chi connectivity index (χ0n) is 16.2. The number of hydrogen-bond donors (Lipinski definition) is 1. The van der Waals surface area contributed by atoms with E-state index in [9.17, 15) is 14.9 Å². The molecule has 0 amide bonds. The Hall–Kier alpha value is -4.52. The SMILES string of the molecule is O=c1c2ccccc2nc(/C=C/c2c[nH]c3ccccc23)n1-c1ccccc1[N+](=O)[O-]. The molecule has 0 unspecified atom stereocenters. The van der Waals surface area contributed by atoms with Gasteiger partial charge >= 0.3 is 0 Å². The van der Waals surface area contributed by atoms with Crippen LogP contribution in [-0.4, -0.2) is 19.5 Å².